The molecule has 0 radical (unpaired) electrons. The second kappa shape index (κ2) is 5.85. The van der Waals surface area contributed by atoms with E-state index in [1.807, 2.05) is 12.4 Å². The second-order valence-electron chi connectivity index (χ2n) is 4.33. The van der Waals surface area contributed by atoms with Crippen LogP contribution in [0.3, 0.4) is 0 Å². The summed E-state index contributed by atoms with van der Waals surface area (Å²) >= 11 is 5.26. The van der Waals surface area contributed by atoms with Crippen molar-refractivity contribution in [3.8, 4) is 5.75 Å². The van der Waals surface area contributed by atoms with Crippen molar-refractivity contribution in [3.63, 3.8) is 0 Å². The third-order valence-electron chi connectivity index (χ3n) is 2.85. The van der Waals surface area contributed by atoms with Crippen molar-refractivity contribution in [1.82, 2.24) is 4.98 Å². The molecular formula is C14H16BrNOS. The fraction of sp³-hybridized carbons (Fsp3) is 0.357. The predicted molar refractivity (Wildman–Crippen MR) is 79.7 cm³/mol. The number of halogens is 1. The topological polar surface area (TPSA) is 22.1 Å². The number of ether oxygens (including phenoxy) is 1. The molecule has 0 amide bonds. The highest BCUT2D eigenvalue weighted by atomic mass is 79.9. The van der Waals surface area contributed by atoms with Gasteiger partial charge < -0.3 is 4.74 Å². The number of thiazole rings is 1. The summed E-state index contributed by atoms with van der Waals surface area (Å²) in [7, 11) is 0. The maximum Gasteiger partial charge on any atom is 0.119 e. The molecule has 0 atom stereocenters. The van der Waals surface area contributed by atoms with Gasteiger partial charge >= 0.3 is 0 Å². The van der Waals surface area contributed by atoms with E-state index < -0.39 is 0 Å². The van der Waals surface area contributed by atoms with Gasteiger partial charge in [0.15, 0.2) is 0 Å². The van der Waals surface area contributed by atoms with E-state index in [1.165, 1.54) is 16.0 Å². The van der Waals surface area contributed by atoms with E-state index in [0.717, 1.165) is 22.3 Å². The SMILES string of the molecule is Cc1cc(OCCc2scnc2C)cc(C)c1Br. The summed E-state index contributed by atoms with van der Waals surface area (Å²) in [6.45, 7) is 6.90. The molecule has 96 valence electrons. The molecule has 4 heteroatoms. The molecule has 0 spiro atoms. The minimum Gasteiger partial charge on any atom is -0.493 e. The molecule has 0 unspecified atom stereocenters. The normalized spacial score (nSPS) is 10.7. The van der Waals surface area contributed by atoms with Crippen LogP contribution in [0.1, 0.15) is 21.7 Å². The number of hydrogen-bond donors (Lipinski definition) is 0. The fourth-order valence-electron chi connectivity index (χ4n) is 1.82. The monoisotopic (exact) mass is 325 g/mol. The molecule has 2 rings (SSSR count). The molecule has 2 nitrogen and oxygen atoms in total. The van der Waals surface area contributed by atoms with Gasteiger partial charge in [-0.05, 0) is 44.0 Å². The molecule has 0 aliphatic carbocycles. The van der Waals surface area contributed by atoms with Crippen LogP contribution in [0.5, 0.6) is 5.75 Å². The first-order chi connectivity index (χ1) is 8.58. The molecule has 1 heterocycles. The Morgan fingerprint density at radius 3 is 2.44 bits per heavy atom. The Bertz CT molecular complexity index is 527. The van der Waals surface area contributed by atoms with Crippen LogP contribution < -0.4 is 4.74 Å². The molecule has 0 aliphatic heterocycles. The third-order valence-corrected chi connectivity index (χ3v) is 5.10. The number of aryl methyl sites for hydroxylation is 3. The molecule has 0 N–H and O–H groups in total. The molecule has 0 fully saturated rings. The van der Waals surface area contributed by atoms with Gasteiger partial charge in [-0.1, -0.05) is 15.9 Å². The summed E-state index contributed by atoms with van der Waals surface area (Å²) in [6.07, 6.45) is 0.921. The molecule has 2 aromatic rings. The number of rotatable bonds is 4. The van der Waals surface area contributed by atoms with E-state index in [0.29, 0.717) is 6.61 Å². The molecular weight excluding hydrogens is 310 g/mol. The van der Waals surface area contributed by atoms with Crippen LogP contribution in [0.25, 0.3) is 0 Å². The van der Waals surface area contributed by atoms with E-state index in [1.54, 1.807) is 11.3 Å². The molecule has 0 saturated carbocycles. The summed E-state index contributed by atoms with van der Waals surface area (Å²) in [6, 6.07) is 4.13. The number of benzene rings is 1. The Kier molecular flexibility index (Phi) is 4.40. The van der Waals surface area contributed by atoms with Crippen molar-refractivity contribution in [3.05, 3.63) is 43.8 Å². The molecule has 1 aromatic carbocycles. The van der Waals surface area contributed by atoms with Gasteiger partial charge in [0.2, 0.25) is 0 Å². The first-order valence-corrected chi connectivity index (χ1v) is 7.53. The Morgan fingerprint density at radius 1 is 1.22 bits per heavy atom. The largest absolute Gasteiger partial charge is 0.493 e. The molecule has 1 aromatic heterocycles. The lowest BCUT2D eigenvalue weighted by atomic mass is 10.1. The van der Waals surface area contributed by atoms with Crippen molar-refractivity contribution < 1.29 is 4.74 Å². The van der Waals surface area contributed by atoms with Crippen LogP contribution in [0.4, 0.5) is 0 Å². The van der Waals surface area contributed by atoms with Crippen LogP contribution in [-0.2, 0) is 6.42 Å². The van der Waals surface area contributed by atoms with Gasteiger partial charge in [-0.15, -0.1) is 11.3 Å². The van der Waals surface area contributed by atoms with Gasteiger partial charge in [0.25, 0.3) is 0 Å². The Hall–Kier alpha value is -0.870. The maximum atomic E-state index is 5.81. The van der Waals surface area contributed by atoms with Crippen LogP contribution in [0.15, 0.2) is 22.1 Å². The van der Waals surface area contributed by atoms with E-state index in [2.05, 4.69) is 46.9 Å². The lowest BCUT2D eigenvalue weighted by molar-refractivity contribution is 0.322. The highest BCUT2D eigenvalue weighted by molar-refractivity contribution is 9.10. The molecule has 0 aliphatic rings. The zero-order valence-corrected chi connectivity index (χ0v) is 13.2. The molecule has 18 heavy (non-hydrogen) atoms. The van der Waals surface area contributed by atoms with Crippen LogP contribution in [-0.4, -0.2) is 11.6 Å². The average Bonchev–Trinajstić information content (AvgIpc) is 2.72. The number of aromatic nitrogens is 1. The zero-order valence-electron chi connectivity index (χ0n) is 10.8. The Morgan fingerprint density at radius 2 is 1.89 bits per heavy atom. The fourth-order valence-corrected chi connectivity index (χ4v) is 2.81. The summed E-state index contributed by atoms with van der Waals surface area (Å²) < 4.78 is 6.97. The third kappa shape index (κ3) is 3.12. The summed E-state index contributed by atoms with van der Waals surface area (Å²) in [4.78, 5) is 5.54. The Labute approximate surface area is 120 Å². The first kappa shape index (κ1) is 13.6. The lowest BCUT2D eigenvalue weighted by Gasteiger charge is -2.09. The van der Waals surface area contributed by atoms with Crippen LogP contribution >= 0.6 is 27.3 Å². The van der Waals surface area contributed by atoms with Crippen molar-refractivity contribution in [2.75, 3.05) is 6.61 Å². The first-order valence-electron chi connectivity index (χ1n) is 5.86. The van der Waals surface area contributed by atoms with Crippen LogP contribution in [0, 0.1) is 20.8 Å². The minimum absolute atomic E-state index is 0.698. The van der Waals surface area contributed by atoms with Crippen molar-refractivity contribution in [1.29, 1.82) is 0 Å². The van der Waals surface area contributed by atoms with Crippen LogP contribution in [0.2, 0.25) is 0 Å². The average molecular weight is 326 g/mol. The van der Waals surface area contributed by atoms with Crippen molar-refractivity contribution >= 4 is 27.3 Å². The highest BCUT2D eigenvalue weighted by Crippen LogP contribution is 2.26. The van der Waals surface area contributed by atoms with Crippen molar-refractivity contribution in [2.24, 2.45) is 0 Å². The van der Waals surface area contributed by atoms with E-state index >= 15 is 0 Å². The summed E-state index contributed by atoms with van der Waals surface area (Å²) in [5.74, 6) is 0.940. The van der Waals surface area contributed by atoms with Gasteiger partial charge in [0.1, 0.15) is 5.75 Å². The molecule has 0 bridgehead atoms. The summed E-state index contributed by atoms with van der Waals surface area (Å²) in [5.41, 5.74) is 5.42. The maximum absolute atomic E-state index is 5.81. The van der Waals surface area contributed by atoms with Gasteiger partial charge in [0, 0.05) is 15.8 Å². The minimum atomic E-state index is 0.698. The lowest BCUT2D eigenvalue weighted by Crippen LogP contribution is -2.02. The van der Waals surface area contributed by atoms with Gasteiger partial charge in [-0.25, -0.2) is 4.98 Å². The number of hydrogen-bond acceptors (Lipinski definition) is 3. The van der Waals surface area contributed by atoms with E-state index in [9.17, 15) is 0 Å². The van der Waals surface area contributed by atoms with Crippen molar-refractivity contribution in [2.45, 2.75) is 27.2 Å². The standard InChI is InChI=1S/C14H16BrNOS/c1-9-6-12(7-10(2)14(9)15)17-5-4-13-11(3)16-8-18-13/h6-8H,4-5H2,1-3H3. The van der Waals surface area contributed by atoms with Gasteiger partial charge in [-0.3, -0.25) is 0 Å². The van der Waals surface area contributed by atoms with E-state index in [-0.39, 0.29) is 0 Å². The van der Waals surface area contributed by atoms with Gasteiger partial charge in [-0.2, -0.15) is 0 Å². The quantitative estimate of drug-likeness (QED) is 0.828. The predicted octanol–water partition coefficient (Wildman–Crippen LogP) is 4.45. The molecule has 0 saturated heterocycles. The Balaban J connectivity index is 1.97. The second-order valence-corrected chi connectivity index (χ2v) is 6.06. The zero-order chi connectivity index (χ0) is 13.1. The summed E-state index contributed by atoms with van der Waals surface area (Å²) in [5, 5.41) is 0. The van der Waals surface area contributed by atoms with E-state index in [4.69, 9.17) is 4.74 Å². The smallest absolute Gasteiger partial charge is 0.119 e. The highest BCUT2D eigenvalue weighted by Gasteiger charge is 2.05. The van der Waals surface area contributed by atoms with Gasteiger partial charge in [0.05, 0.1) is 17.8 Å². The number of nitrogens with zero attached hydrogens (tertiary/aromatic N) is 1.